The van der Waals surface area contributed by atoms with Gasteiger partial charge in [-0.1, -0.05) is 13.3 Å². The van der Waals surface area contributed by atoms with Crippen LogP contribution in [0, 0.1) is 5.92 Å². The fourth-order valence-electron chi connectivity index (χ4n) is 1.69. The molecule has 1 aliphatic rings. The van der Waals surface area contributed by atoms with E-state index < -0.39 is 0 Å². The molecule has 0 spiro atoms. The second-order valence-corrected chi connectivity index (χ2v) is 3.79. The van der Waals surface area contributed by atoms with E-state index in [-0.39, 0.29) is 0 Å². The minimum atomic E-state index is 1.02. The Morgan fingerprint density at radius 3 is 2.58 bits per heavy atom. The quantitative estimate of drug-likeness (QED) is 0.647. The molecule has 72 valence electrons. The average Bonchev–Trinajstić information content (AvgIpc) is 2.02. The summed E-state index contributed by atoms with van der Waals surface area (Å²) in [5, 5.41) is 3.20. The second-order valence-electron chi connectivity index (χ2n) is 3.79. The topological polar surface area (TPSA) is 15.3 Å². The van der Waals surface area contributed by atoms with Crippen LogP contribution in [0.4, 0.5) is 0 Å². The van der Waals surface area contributed by atoms with Gasteiger partial charge in [0.05, 0.1) is 0 Å². The van der Waals surface area contributed by atoms with E-state index in [0.29, 0.717) is 0 Å². The van der Waals surface area contributed by atoms with Crippen molar-refractivity contribution in [1.29, 1.82) is 0 Å². The molecule has 1 fully saturated rings. The van der Waals surface area contributed by atoms with Crippen molar-refractivity contribution in [2.24, 2.45) is 5.92 Å². The Morgan fingerprint density at radius 2 is 2.17 bits per heavy atom. The van der Waals surface area contributed by atoms with Crippen LogP contribution in [0.25, 0.3) is 0 Å². The summed E-state index contributed by atoms with van der Waals surface area (Å²) in [4.78, 5) is 2.56. The van der Waals surface area contributed by atoms with Crippen LogP contribution in [-0.4, -0.2) is 38.1 Å². The second kappa shape index (κ2) is 5.55. The fraction of sp³-hybridized carbons (Fsp3) is 1.00. The van der Waals surface area contributed by atoms with Gasteiger partial charge in [-0.15, -0.1) is 0 Å². The zero-order valence-electron chi connectivity index (χ0n) is 8.47. The lowest BCUT2D eigenvalue weighted by molar-refractivity contribution is 0.185. The average molecular weight is 170 g/mol. The number of rotatable bonds is 6. The van der Waals surface area contributed by atoms with Gasteiger partial charge in [-0.25, -0.2) is 0 Å². The van der Waals surface area contributed by atoms with Crippen LogP contribution in [0.2, 0.25) is 0 Å². The molecular formula is C10H22N2. The maximum atomic E-state index is 3.20. The molecule has 0 saturated heterocycles. The minimum Gasteiger partial charge on any atom is -0.318 e. The number of nitrogens with zero attached hydrogens (tertiary/aromatic N) is 1. The van der Waals surface area contributed by atoms with Crippen molar-refractivity contribution in [3.63, 3.8) is 0 Å². The standard InChI is InChI=1S/C10H22N2/c1-3-12(8-7-11-2)9-10-5-4-6-10/h10-11H,3-9H2,1-2H3. The van der Waals surface area contributed by atoms with E-state index in [1.807, 2.05) is 7.05 Å². The monoisotopic (exact) mass is 170 g/mol. The molecule has 1 aliphatic carbocycles. The molecule has 0 amide bonds. The van der Waals surface area contributed by atoms with Crippen molar-refractivity contribution in [3.05, 3.63) is 0 Å². The van der Waals surface area contributed by atoms with Crippen LogP contribution >= 0.6 is 0 Å². The van der Waals surface area contributed by atoms with E-state index in [1.165, 1.54) is 38.9 Å². The molecule has 0 aromatic rings. The lowest BCUT2D eigenvalue weighted by Crippen LogP contribution is -2.36. The molecule has 2 nitrogen and oxygen atoms in total. The van der Waals surface area contributed by atoms with Crippen LogP contribution in [0.5, 0.6) is 0 Å². The molecule has 1 rings (SSSR count). The van der Waals surface area contributed by atoms with Crippen molar-refractivity contribution < 1.29 is 0 Å². The molecule has 0 heterocycles. The van der Waals surface area contributed by atoms with E-state index in [9.17, 15) is 0 Å². The summed E-state index contributed by atoms with van der Waals surface area (Å²) >= 11 is 0. The highest BCUT2D eigenvalue weighted by Crippen LogP contribution is 2.26. The maximum Gasteiger partial charge on any atom is 0.0107 e. The summed E-state index contributed by atoms with van der Waals surface area (Å²) in [7, 11) is 2.02. The number of likely N-dealkylation sites (N-methyl/N-ethyl adjacent to an activating group) is 2. The fourth-order valence-corrected chi connectivity index (χ4v) is 1.69. The molecular weight excluding hydrogens is 148 g/mol. The first-order valence-electron chi connectivity index (χ1n) is 5.23. The predicted molar refractivity (Wildman–Crippen MR) is 53.4 cm³/mol. The summed E-state index contributed by atoms with van der Waals surface area (Å²) in [5.41, 5.74) is 0. The maximum absolute atomic E-state index is 3.20. The molecule has 0 aromatic carbocycles. The van der Waals surface area contributed by atoms with Crippen molar-refractivity contribution in [3.8, 4) is 0 Å². The van der Waals surface area contributed by atoms with Gasteiger partial charge in [0.15, 0.2) is 0 Å². The van der Waals surface area contributed by atoms with Gasteiger partial charge in [-0.3, -0.25) is 0 Å². The van der Waals surface area contributed by atoms with Gasteiger partial charge in [0, 0.05) is 19.6 Å². The van der Waals surface area contributed by atoms with Gasteiger partial charge in [0.1, 0.15) is 0 Å². The highest BCUT2D eigenvalue weighted by Gasteiger charge is 2.19. The van der Waals surface area contributed by atoms with E-state index in [2.05, 4.69) is 17.1 Å². The number of nitrogens with one attached hydrogen (secondary N) is 1. The van der Waals surface area contributed by atoms with Crippen LogP contribution < -0.4 is 5.32 Å². The SMILES string of the molecule is CCN(CCNC)CC1CCC1. The zero-order chi connectivity index (χ0) is 8.81. The highest BCUT2D eigenvalue weighted by atomic mass is 15.1. The lowest BCUT2D eigenvalue weighted by Gasteiger charge is -2.31. The molecule has 0 atom stereocenters. The third kappa shape index (κ3) is 3.11. The summed E-state index contributed by atoms with van der Waals surface area (Å²) in [6.45, 7) is 7.13. The Kier molecular flexibility index (Phi) is 4.62. The van der Waals surface area contributed by atoms with Gasteiger partial charge >= 0.3 is 0 Å². The smallest absolute Gasteiger partial charge is 0.0107 e. The Morgan fingerprint density at radius 1 is 1.42 bits per heavy atom. The largest absolute Gasteiger partial charge is 0.318 e. The molecule has 1 N–H and O–H groups in total. The van der Waals surface area contributed by atoms with Gasteiger partial charge in [-0.05, 0) is 32.4 Å². The normalized spacial score (nSPS) is 18.2. The van der Waals surface area contributed by atoms with Gasteiger partial charge in [-0.2, -0.15) is 0 Å². The van der Waals surface area contributed by atoms with Crippen molar-refractivity contribution in [1.82, 2.24) is 10.2 Å². The number of hydrogen-bond acceptors (Lipinski definition) is 2. The molecule has 0 bridgehead atoms. The molecule has 0 radical (unpaired) electrons. The van der Waals surface area contributed by atoms with Crippen LogP contribution in [0.1, 0.15) is 26.2 Å². The summed E-state index contributed by atoms with van der Waals surface area (Å²) < 4.78 is 0. The van der Waals surface area contributed by atoms with Crippen molar-refractivity contribution in [2.75, 3.05) is 33.2 Å². The van der Waals surface area contributed by atoms with Crippen molar-refractivity contribution >= 4 is 0 Å². The van der Waals surface area contributed by atoms with Crippen molar-refractivity contribution in [2.45, 2.75) is 26.2 Å². The Hall–Kier alpha value is -0.0800. The third-order valence-corrected chi connectivity index (χ3v) is 2.87. The van der Waals surface area contributed by atoms with E-state index in [4.69, 9.17) is 0 Å². The number of hydrogen-bond donors (Lipinski definition) is 1. The van der Waals surface area contributed by atoms with Gasteiger partial charge in [0.2, 0.25) is 0 Å². The van der Waals surface area contributed by atoms with Gasteiger partial charge < -0.3 is 10.2 Å². The van der Waals surface area contributed by atoms with E-state index in [1.54, 1.807) is 0 Å². The minimum absolute atomic E-state index is 1.02. The Balaban J connectivity index is 2.06. The van der Waals surface area contributed by atoms with E-state index >= 15 is 0 Å². The molecule has 0 aliphatic heterocycles. The van der Waals surface area contributed by atoms with E-state index in [0.717, 1.165) is 12.5 Å². The summed E-state index contributed by atoms with van der Waals surface area (Å²) in [6.07, 6.45) is 4.40. The zero-order valence-corrected chi connectivity index (χ0v) is 8.47. The predicted octanol–water partition coefficient (Wildman–Crippen LogP) is 1.33. The van der Waals surface area contributed by atoms with Crippen LogP contribution in [0.3, 0.4) is 0 Å². The first kappa shape index (κ1) is 10.0. The van der Waals surface area contributed by atoms with Crippen LogP contribution in [-0.2, 0) is 0 Å². The molecule has 2 heteroatoms. The molecule has 0 unspecified atom stereocenters. The Bertz CT molecular complexity index is 110. The summed E-state index contributed by atoms with van der Waals surface area (Å²) in [5.74, 6) is 1.02. The molecule has 12 heavy (non-hydrogen) atoms. The Labute approximate surface area is 76.3 Å². The molecule has 1 saturated carbocycles. The molecule has 0 aromatic heterocycles. The van der Waals surface area contributed by atoms with Crippen LogP contribution in [0.15, 0.2) is 0 Å². The van der Waals surface area contributed by atoms with Gasteiger partial charge in [0.25, 0.3) is 0 Å². The highest BCUT2D eigenvalue weighted by molar-refractivity contribution is 4.73. The first-order chi connectivity index (χ1) is 5.86. The third-order valence-electron chi connectivity index (χ3n) is 2.87. The first-order valence-corrected chi connectivity index (χ1v) is 5.23. The summed E-state index contributed by atoms with van der Waals surface area (Å²) in [6, 6.07) is 0. The lowest BCUT2D eigenvalue weighted by atomic mass is 9.85.